The molecule has 1 amide bonds. The standard InChI is InChI=1S/C20H23NO3/c1-14-6-4-5-7-19(14)21-20(23)16(3)24-18-12-10-17(11-13-18)9-8-15(2)22/h4-7,10-13,16H,8-9H2,1-3H3,(H,21,23). The van der Waals surface area contributed by atoms with Gasteiger partial charge in [0.1, 0.15) is 11.5 Å². The van der Waals surface area contributed by atoms with Gasteiger partial charge < -0.3 is 14.8 Å². The van der Waals surface area contributed by atoms with E-state index in [-0.39, 0.29) is 11.7 Å². The molecule has 0 saturated heterocycles. The number of hydrogen-bond acceptors (Lipinski definition) is 3. The van der Waals surface area contributed by atoms with Crippen LogP contribution in [0.3, 0.4) is 0 Å². The third kappa shape index (κ3) is 5.23. The highest BCUT2D eigenvalue weighted by Crippen LogP contribution is 2.17. The number of benzene rings is 2. The first-order chi connectivity index (χ1) is 11.5. The minimum atomic E-state index is -0.604. The average molecular weight is 325 g/mol. The van der Waals surface area contributed by atoms with Gasteiger partial charge in [-0.3, -0.25) is 4.79 Å². The summed E-state index contributed by atoms with van der Waals surface area (Å²) in [4.78, 5) is 23.2. The van der Waals surface area contributed by atoms with Gasteiger partial charge in [-0.25, -0.2) is 0 Å². The third-order valence-electron chi connectivity index (χ3n) is 3.77. The maximum Gasteiger partial charge on any atom is 0.265 e. The SMILES string of the molecule is CC(=O)CCc1ccc(OC(C)C(=O)Nc2ccccc2C)cc1. The highest BCUT2D eigenvalue weighted by molar-refractivity contribution is 5.94. The Hall–Kier alpha value is -2.62. The second-order valence-corrected chi connectivity index (χ2v) is 5.91. The lowest BCUT2D eigenvalue weighted by Crippen LogP contribution is -2.30. The summed E-state index contributed by atoms with van der Waals surface area (Å²) in [6, 6.07) is 15.1. The molecular weight excluding hydrogens is 302 g/mol. The van der Waals surface area contributed by atoms with Crippen molar-refractivity contribution >= 4 is 17.4 Å². The molecule has 0 aliphatic carbocycles. The van der Waals surface area contributed by atoms with Gasteiger partial charge >= 0.3 is 0 Å². The Morgan fingerprint density at radius 3 is 2.38 bits per heavy atom. The van der Waals surface area contributed by atoms with E-state index in [2.05, 4.69) is 5.32 Å². The molecule has 0 saturated carbocycles. The molecule has 2 aromatic rings. The molecule has 0 spiro atoms. The van der Waals surface area contributed by atoms with Crippen molar-refractivity contribution in [2.45, 2.75) is 39.7 Å². The fraction of sp³-hybridized carbons (Fsp3) is 0.300. The summed E-state index contributed by atoms with van der Waals surface area (Å²) in [5.74, 6) is 0.621. The van der Waals surface area contributed by atoms with Gasteiger partial charge in [-0.15, -0.1) is 0 Å². The molecule has 0 aromatic heterocycles. The first-order valence-electron chi connectivity index (χ1n) is 8.07. The number of anilines is 1. The van der Waals surface area contributed by atoms with Crippen LogP contribution in [0.15, 0.2) is 48.5 Å². The number of hydrogen-bond donors (Lipinski definition) is 1. The van der Waals surface area contributed by atoms with Crippen molar-refractivity contribution in [3.63, 3.8) is 0 Å². The number of para-hydroxylation sites is 1. The monoisotopic (exact) mass is 325 g/mol. The second-order valence-electron chi connectivity index (χ2n) is 5.91. The van der Waals surface area contributed by atoms with Crippen LogP contribution < -0.4 is 10.1 Å². The Morgan fingerprint density at radius 1 is 1.08 bits per heavy atom. The van der Waals surface area contributed by atoms with E-state index in [1.807, 2.05) is 55.5 Å². The van der Waals surface area contributed by atoms with Crippen LogP contribution in [-0.2, 0) is 16.0 Å². The van der Waals surface area contributed by atoms with E-state index in [0.717, 1.165) is 23.2 Å². The average Bonchev–Trinajstić information content (AvgIpc) is 2.56. The van der Waals surface area contributed by atoms with Crippen molar-refractivity contribution in [2.24, 2.45) is 0 Å². The zero-order valence-corrected chi connectivity index (χ0v) is 14.3. The molecule has 0 bridgehead atoms. The van der Waals surface area contributed by atoms with Crippen molar-refractivity contribution in [1.29, 1.82) is 0 Å². The van der Waals surface area contributed by atoms with Crippen molar-refractivity contribution in [3.8, 4) is 5.75 Å². The molecule has 126 valence electrons. The minimum absolute atomic E-state index is 0.178. The number of Topliss-reactive ketones (excluding diaryl/α,β-unsaturated/α-hetero) is 1. The molecule has 0 aliphatic rings. The first kappa shape index (κ1) is 17.7. The van der Waals surface area contributed by atoms with E-state index < -0.39 is 6.10 Å². The van der Waals surface area contributed by atoms with Crippen molar-refractivity contribution < 1.29 is 14.3 Å². The highest BCUT2D eigenvalue weighted by Gasteiger charge is 2.15. The van der Waals surface area contributed by atoms with Gasteiger partial charge in [0.2, 0.25) is 0 Å². The number of nitrogens with one attached hydrogen (secondary N) is 1. The topological polar surface area (TPSA) is 55.4 Å². The fourth-order valence-electron chi connectivity index (χ4n) is 2.26. The highest BCUT2D eigenvalue weighted by atomic mass is 16.5. The summed E-state index contributed by atoms with van der Waals surface area (Å²) in [6.07, 6.45) is 0.654. The Morgan fingerprint density at radius 2 is 1.75 bits per heavy atom. The molecule has 0 fully saturated rings. The Labute approximate surface area is 142 Å². The number of carbonyl (C=O) groups excluding carboxylic acids is 2. The fourth-order valence-corrected chi connectivity index (χ4v) is 2.26. The lowest BCUT2D eigenvalue weighted by Gasteiger charge is -2.16. The molecule has 4 nitrogen and oxygen atoms in total. The van der Waals surface area contributed by atoms with Gasteiger partial charge in [0, 0.05) is 12.1 Å². The Bertz CT molecular complexity index is 707. The number of rotatable bonds is 7. The van der Waals surface area contributed by atoms with Gasteiger partial charge in [0.15, 0.2) is 6.10 Å². The number of ether oxygens (including phenoxy) is 1. The van der Waals surface area contributed by atoms with Crippen molar-refractivity contribution in [3.05, 3.63) is 59.7 Å². The summed E-state index contributed by atoms with van der Waals surface area (Å²) in [7, 11) is 0. The smallest absolute Gasteiger partial charge is 0.265 e. The van der Waals surface area contributed by atoms with Gasteiger partial charge in [-0.2, -0.15) is 0 Å². The predicted molar refractivity (Wildman–Crippen MR) is 95.3 cm³/mol. The van der Waals surface area contributed by atoms with Gasteiger partial charge in [0.25, 0.3) is 5.91 Å². The largest absolute Gasteiger partial charge is 0.481 e. The van der Waals surface area contributed by atoms with Gasteiger partial charge in [0.05, 0.1) is 0 Å². The zero-order chi connectivity index (χ0) is 17.5. The summed E-state index contributed by atoms with van der Waals surface area (Å²) in [5, 5.41) is 2.87. The van der Waals surface area contributed by atoms with E-state index in [1.165, 1.54) is 0 Å². The number of carbonyl (C=O) groups is 2. The second kappa shape index (κ2) is 8.29. The van der Waals surface area contributed by atoms with E-state index in [0.29, 0.717) is 12.2 Å². The maximum absolute atomic E-state index is 12.2. The zero-order valence-electron chi connectivity index (χ0n) is 14.3. The molecule has 24 heavy (non-hydrogen) atoms. The molecular formula is C20H23NO3. The van der Waals surface area contributed by atoms with E-state index in [1.54, 1.807) is 13.8 Å². The summed E-state index contributed by atoms with van der Waals surface area (Å²) in [6.45, 7) is 5.25. The summed E-state index contributed by atoms with van der Waals surface area (Å²) in [5.41, 5.74) is 2.87. The third-order valence-corrected chi connectivity index (χ3v) is 3.77. The first-order valence-corrected chi connectivity index (χ1v) is 8.07. The molecule has 0 aliphatic heterocycles. The Balaban J connectivity index is 1.91. The molecule has 4 heteroatoms. The maximum atomic E-state index is 12.2. The Kier molecular flexibility index (Phi) is 6.13. The van der Waals surface area contributed by atoms with Crippen LogP contribution in [0.5, 0.6) is 5.75 Å². The number of amides is 1. The van der Waals surface area contributed by atoms with Crippen molar-refractivity contribution in [2.75, 3.05) is 5.32 Å². The molecule has 1 atom stereocenters. The predicted octanol–water partition coefficient (Wildman–Crippen LogP) is 3.92. The molecule has 1 N–H and O–H groups in total. The van der Waals surface area contributed by atoms with Crippen LogP contribution in [0.4, 0.5) is 5.69 Å². The van der Waals surface area contributed by atoms with Crippen molar-refractivity contribution in [1.82, 2.24) is 0 Å². The molecule has 1 unspecified atom stereocenters. The van der Waals surface area contributed by atoms with Crippen LogP contribution in [0.2, 0.25) is 0 Å². The van der Waals surface area contributed by atoms with E-state index in [9.17, 15) is 9.59 Å². The number of aryl methyl sites for hydroxylation is 2. The minimum Gasteiger partial charge on any atom is -0.481 e. The molecule has 2 rings (SSSR count). The molecule has 0 radical (unpaired) electrons. The quantitative estimate of drug-likeness (QED) is 0.839. The summed E-state index contributed by atoms with van der Waals surface area (Å²) < 4.78 is 5.69. The van der Waals surface area contributed by atoms with Crippen LogP contribution in [0.25, 0.3) is 0 Å². The van der Waals surface area contributed by atoms with Crippen LogP contribution >= 0.6 is 0 Å². The van der Waals surface area contributed by atoms with Gasteiger partial charge in [-0.1, -0.05) is 30.3 Å². The van der Waals surface area contributed by atoms with E-state index >= 15 is 0 Å². The lowest BCUT2D eigenvalue weighted by atomic mass is 10.1. The molecule has 0 heterocycles. The summed E-state index contributed by atoms with van der Waals surface area (Å²) >= 11 is 0. The van der Waals surface area contributed by atoms with Crippen LogP contribution in [0.1, 0.15) is 31.4 Å². The van der Waals surface area contributed by atoms with Gasteiger partial charge in [-0.05, 0) is 56.5 Å². The van der Waals surface area contributed by atoms with Crippen LogP contribution in [-0.4, -0.2) is 17.8 Å². The molecule has 2 aromatic carbocycles. The lowest BCUT2D eigenvalue weighted by molar-refractivity contribution is -0.122. The normalized spacial score (nSPS) is 11.6. The number of ketones is 1. The van der Waals surface area contributed by atoms with Crippen LogP contribution in [0, 0.1) is 6.92 Å². The van der Waals surface area contributed by atoms with E-state index in [4.69, 9.17) is 4.74 Å².